The van der Waals surface area contributed by atoms with Crippen molar-refractivity contribution in [2.75, 3.05) is 13.1 Å². The highest BCUT2D eigenvalue weighted by Gasteiger charge is 2.41. The molecule has 2 aliphatic rings. The smallest absolute Gasteiger partial charge is 0.325 e. The number of aliphatic carboxylic acids is 1. The molecule has 0 bridgehead atoms. The third kappa shape index (κ3) is 2.55. The average molecular weight is 281 g/mol. The molecule has 0 spiro atoms. The van der Waals surface area contributed by atoms with E-state index in [0.29, 0.717) is 11.8 Å². The number of rotatable bonds is 3. The molecule has 19 heavy (non-hydrogen) atoms. The van der Waals surface area contributed by atoms with E-state index >= 15 is 0 Å². The van der Waals surface area contributed by atoms with E-state index < -0.39 is 12.0 Å². The Morgan fingerprint density at radius 1 is 1.37 bits per heavy atom. The number of aliphatic hydroxyl groups is 1. The van der Waals surface area contributed by atoms with E-state index in [2.05, 4.69) is 4.90 Å². The molecular formula is C14H19NO3S. The third-order valence-corrected chi connectivity index (χ3v) is 5.21. The van der Waals surface area contributed by atoms with Crippen LogP contribution in [-0.4, -0.2) is 40.3 Å². The summed E-state index contributed by atoms with van der Waals surface area (Å²) in [5.41, 5.74) is 0.886. The quantitative estimate of drug-likeness (QED) is 0.889. The molecule has 104 valence electrons. The number of fused-ring (bicyclic) bond motifs is 1. The van der Waals surface area contributed by atoms with E-state index in [1.807, 2.05) is 16.8 Å². The van der Waals surface area contributed by atoms with Crippen molar-refractivity contribution in [2.45, 2.75) is 31.4 Å². The molecule has 1 aliphatic heterocycles. The summed E-state index contributed by atoms with van der Waals surface area (Å²) in [5.74, 6) is 0.255. The summed E-state index contributed by atoms with van der Waals surface area (Å²) >= 11 is 1.54. The number of hydrogen-bond donors (Lipinski definition) is 2. The molecule has 0 radical (unpaired) electrons. The number of carboxylic acid groups (broad SMARTS) is 1. The number of hydrogen-bond acceptors (Lipinski definition) is 4. The molecule has 3 rings (SSSR count). The van der Waals surface area contributed by atoms with Crippen LogP contribution in [0.2, 0.25) is 0 Å². The Morgan fingerprint density at radius 2 is 2.16 bits per heavy atom. The number of carboxylic acids is 1. The zero-order valence-corrected chi connectivity index (χ0v) is 11.6. The van der Waals surface area contributed by atoms with E-state index in [4.69, 9.17) is 0 Å². The highest BCUT2D eigenvalue weighted by atomic mass is 32.1. The highest BCUT2D eigenvalue weighted by Crippen LogP contribution is 2.39. The molecule has 2 fully saturated rings. The van der Waals surface area contributed by atoms with Crippen LogP contribution in [0.4, 0.5) is 0 Å². The lowest BCUT2D eigenvalue weighted by molar-refractivity contribution is -0.143. The van der Waals surface area contributed by atoms with E-state index in [-0.39, 0.29) is 6.10 Å². The zero-order chi connectivity index (χ0) is 13.4. The van der Waals surface area contributed by atoms with Gasteiger partial charge in [0.1, 0.15) is 6.04 Å². The molecule has 0 amide bonds. The maximum Gasteiger partial charge on any atom is 0.325 e. The van der Waals surface area contributed by atoms with Gasteiger partial charge in [0.05, 0.1) is 6.10 Å². The minimum atomic E-state index is -0.766. The highest BCUT2D eigenvalue weighted by molar-refractivity contribution is 7.08. The summed E-state index contributed by atoms with van der Waals surface area (Å²) in [6, 6.07) is 1.38. The fourth-order valence-corrected chi connectivity index (χ4v) is 4.27. The van der Waals surface area contributed by atoms with Crippen molar-refractivity contribution in [1.29, 1.82) is 0 Å². The maximum absolute atomic E-state index is 11.6. The topological polar surface area (TPSA) is 60.8 Å². The first-order valence-electron chi connectivity index (χ1n) is 6.82. The Labute approximate surface area is 116 Å². The van der Waals surface area contributed by atoms with Gasteiger partial charge in [-0.25, -0.2) is 0 Å². The van der Waals surface area contributed by atoms with Gasteiger partial charge in [0.25, 0.3) is 0 Å². The lowest BCUT2D eigenvalue weighted by Gasteiger charge is -2.27. The van der Waals surface area contributed by atoms with Gasteiger partial charge in [0, 0.05) is 13.1 Å². The largest absolute Gasteiger partial charge is 0.480 e. The van der Waals surface area contributed by atoms with Crippen molar-refractivity contribution in [3.63, 3.8) is 0 Å². The molecule has 4 nitrogen and oxygen atoms in total. The lowest BCUT2D eigenvalue weighted by atomic mass is 9.80. The lowest BCUT2D eigenvalue weighted by Crippen LogP contribution is -2.32. The Bertz CT molecular complexity index is 448. The third-order valence-electron chi connectivity index (χ3n) is 4.51. The van der Waals surface area contributed by atoms with Crippen LogP contribution in [0.15, 0.2) is 16.8 Å². The predicted octanol–water partition coefficient (Wildman–Crippen LogP) is 1.97. The van der Waals surface area contributed by atoms with E-state index in [0.717, 1.165) is 37.9 Å². The molecule has 4 atom stereocenters. The first-order chi connectivity index (χ1) is 9.15. The number of thiophene rings is 1. The van der Waals surface area contributed by atoms with Gasteiger partial charge in [-0.15, -0.1) is 0 Å². The average Bonchev–Trinajstić information content (AvgIpc) is 2.97. The Morgan fingerprint density at radius 3 is 2.84 bits per heavy atom. The molecule has 1 saturated heterocycles. The van der Waals surface area contributed by atoms with Gasteiger partial charge in [-0.05, 0) is 53.5 Å². The summed E-state index contributed by atoms with van der Waals surface area (Å²) in [6.45, 7) is 1.65. The number of aliphatic hydroxyl groups excluding tert-OH is 1. The first kappa shape index (κ1) is 13.1. The standard InChI is InChI=1S/C14H19NO3S/c16-12-2-1-9-6-15(7-11(9)5-12)13(14(17)18)10-3-4-19-8-10/h3-4,8-9,11-13,16H,1-2,5-7H2,(H,17,18)/t9-,11+,12-,13?/m1/s1. The van der Waals surface area contributed by atoms with Gasteiger partial charge >= 0.3 is 5.97 Å². The predicted molar refractivity (Wildman–Crippen MR) is 73.1 cm³/mol. The fourth-order valence-electron chi connectivity index (χ4n) is 3.59. The Hall–Kier alpha value is -0.910. The second kappa shape index (κ2) is 5.23. The van der Waals surface area contributed by atoms with Gasteiger partial charge in [-0.1, -0.05) is 0 Å². The molecule has 1 saturated carbocycles. The van der Waals surface area contributed by atoms with Crippen molar-refractivity contribution in [1.82, 2.24) is 4.90 Å². The van der Waals surface area contributed by atoms with Gasteiger partial charge in [0.15, 0.2) is 0 Å². The second-order valence-corrected chi connectivity index (χ2v) is 6.52. The van der Waals surface area contributed by atoms with E-state index in [1.54, 1.807) is 0 Å². The van der Waals surface area contributed by atoms with Crippen molar-refractivity contribution < 1.29 is 15.0 Å². The van der Waals surface area contributed by atoms with Crippen molar-refractivity contribution in [3.8, 4) is 0 Å². The van der Waals surface area contributed by atoms with E-state index in [1.165, 1.54) is 11.3 Å². The molecule has 1 aromatic rings. The summed E-state index contributed by atoms with van der Waals surface area (Å²) in [6.07, 6.45) is 2.53. The minimum Gasteiger partial charge on any atom is -0.480 e. The minimum absolute atomic E-state index is 0.189. The van der Waals surface area contributed by atoms with Crippen LogP contribution < -0.4 is 0 Å². The van der Waals surface area contributed by atoms with Crippen LogP contribution in [0, 0.1) is 11.8 Å². The maximum atomic E-state index is 11.6. The SMILES string of the molecule is O=C(O)C(c1ccsc1)N1C[C@H]2CC[C@@H](O)C[C@H]2C1. The second-order valence-electron chi connectivity index (χ2n) is 5.74. The van der Waals surface area contributed by atoms with Crippen LogP contribution in [-0.2, 0) is 4.79 Å². The first-order valence-corrected chi connectivity index (χ1v) is 7.76. The molecule has 0 aromatic carbocycles. The summed E-state index contributed by atoms with van der Waals surface area (Å²) in [4.78, 5) is 13.6. The molecule has 2 heterocycles. The van der Waals surface area contributed by atoms with Gasteiger partial charge < -0.3 is 10.2 Å². The zero-order valence-electron chi connectivity index (χ0n) is 10.7. The number of likely N-dealkylation sites (tertiary alicyclic amines) is 1. The van der Waals surface area contributed by atoms with Crippen LogP contribution in [0.3, 0.4) is 0 Å². The molecular weight excluding hydrogens is 262 g/mol. The summed E-state index contributed by atoms with van der Waals surface area (Å²) in [7, 11) is 0. The van der Waals surface area contributed by atoms with Gasteiger partial charge in [-0.2, -0.15) is 11.3 Å². The fraction of sp³-hybridized carbons (Fsp3) is 0.643. The van der Waals surface area contributed by atoms with Crippen molar-refractivity contribution in [3.05, 3.63) is 22.4 Å². The van der Waals surface area contributed by atoms with Crippen LogP contribution in [0.1, 0.15) is 30.9 Å². The van der Waals surface area contributed by atoms with E-state index in [9.17, 15) is 15.0 Å². The van der Waals surface area contributed by atoms with Crippen LogP contribution in [0.25, 0.3) is 0 Å². The Balaban J connectivity index is 1.76. The van der Waals surface area contributed by atoms with Crippen LogP contribution >= 0.6 is 11.3 Å². The molecule has 2 N–H and O–H groups in total. The number of nitrogens with zero attached hydrogens (tertiary/aromatic N) is 1. The molecule has 1 unspecified atom stereocenters. The van der Waals surface area contributed by atoms with Crippen LogP contribution in [0.5, 0.6) is 0 Å². The normalized spacial score (nSPS) is 33.0. The Kier molecular flexibility index (Phi) is 3.60. The van der Waals surface area contributed by atoms with Gasteiger partial charge in [0.2, 0.25) is 0 Å². The summed E-state index contributed by atoms with van der Waals surface area (Å²) < 4.78 is 0. The van der Waals surface area contributed by atoms with Crippen molar-refractivity contribution >= 4 is 17.3 Å². The molecule has 1 aromatic heterocycles. The summed E-state index contributed by atoms with van der Waals surface area (Å²) in [5, 5.41) is 23.1. The van der Waals surface area contributed by atoms with Gasteiger partial charge in [-0.3, -0.25) is 9.69 Å². The van der Waals surface area contributed by atoms with Crippen molar-refractivity contribution in [2.24, 2.45) is 11.8 Å². The molecule has 5 heteroatoms. The monoisotopic (exact) mass is 281 g/mol. The number of carbonyl (C=O) groups is 1. The molecule has 1 aliphatic carbocycles.